The zero-order chi connectivity index (χ0) is 9.14. The highest BCUT2D eigenvalue weighted by molar-refractivity contribution is 9.10. The lowest BCUT2D eigenvalue weighted by atomic mass is 10.2. The fourth-order valence-corrected chi connectivity index (χ4v) is 2.90. The first-order valence-corrected chi connectivity index (χ1v) is 5.36. The molecule has 0 aliphatic rings. The molecule has 0 aliphatic carbocycles. The highest BCUT2D eigenvalue weighted by Gasteiger charge is 2.14. The van der Waals surface area contributed by atoms with E-state index in [1.165, 1.54) is 11.3 Å². The van der Waals surface area contributed by atoms with Crippen molar-refractivity contribution in [3.8, 4) is 0 Å². The van der Waals surface area contributed by atoms with Gasteiger partial charge in [-0.1, -0.05) is 0 Å². The third-order valence-electron chi connectivity index (χ3n) is 1.54. The number of hydrogen-bond donors (Lipinski definition) is 1. The normalized spacial score (nSPS) is 13.3. The molecule has 0 spiro atoms. The smallest absolute Gasteiger partial charge is 0.137 e. The highest BCUT2D eigenvalue weighted by atomic mass is 79.9. The number of alkyl halides is 1. The van der Waals surface area contributed by atoms with E-state index in [1.54, 1.807) is 0 Å². The topological polar surface area (TPSA) is 26.0 Å². The maximum Gasteiger partial charge on any atom is 0.137 e. The van der Waals surface area contributed by atoms with Crippen LogP contribution >= 0.6 is 27.3 Å². The fourth-order valence-electron chi connectivity index (χ4n) is 0.992. The standard InChI is InChI=1S/C8H11BrFNS/c1-5-4-6(9)8(12-5)7(10)2-3-11/h4,7H,2-3,11H2,1H3. The minimum Gasteiger partial charge on any atom is -0.330 e. The van der Waals surface area contributed by atoms with Gasteiger partial charge in [-0.2, -0.15) is 0 Å². The van der Waals surface area contributed by atoms with Gasteiger partial charge in [-0.3, -0.25) is 0 Å². The molecule has 1 heterocycles. The first kappa shape index (κ1) is 10.2. The molecule has 1 rings (SSSR count). The molecule has 4 heteroatoms. The quantitative estimate of drug-likeness (QED) is 0.878. The molecule has 0 saturated heterocycles. The van der Waals surface area contributed by atoms with Gasteiger partial charge in [0.2, 0.25) is 0 Å². The lowest BCUT2D eigenvalue weighted by molar-refractivity contribution is 0.332. The Bertz CT molecular complexity index is 262. The van der Waals surface area contributed by atoms with Crippen molar-refractivity contribution < 1.29 is 4.39 Å². The Morgan fingerprint density at radius 2 is 2.42 bits per heavy atom. The number of hydrogen-bond acceptors (Lipinski definition) is 2. The van der Waals surface area contributed by atoms with Crippen LogP contribution in [0.1, 0.15) is 22.3 Å². The van der Waals surface area contributed by atoms with E-state index in [1.807, 2.05) is 13.0 Å². The van der Waals surface area contributed by atoms with Crippen molar-refractivity contribution >= 4 is 27.3 Å². The van der Waals surface area contributed by atoms with Gasteiger partial charge >= 0.3 is 0 Å². The van der Waals surface area contributed by atoms with E-state index >= 15 is 0 Å². The van der Waals surface area contributed by atoms with Crippen molar-refractivity contribution in [2.45, 2.75) is 19.5 Å². The summed E-state index contributed by atoms with van der Waals surface area (Å²) in [5.74, 6) is 0. The molecular formula is C8H11BrFNS. The van der Waals surface area contributed by atoms with E-state index < -0.39 is 6.17 Å². The van der Waals surface area contributed by atoms with Gasteiger partial charge in [0.05, 0.1) is 4.88 Å². The maximum absolute atomic E-state index is 13.3. The second-order valence-electron chi connectivity index (χ2n) is 2.61. The predicted molar refractivity (Wildman–Crippen MR) is 54.3 cm³/mol. The molecule has 1 aromatic rings. The van der Waals surface area contributed by atoms with Crippen molar-refractivity contribution in [2.75, 3.05) is 6.54 Å². The molecule has 0 aromatic carbocycles. The van der Waals surface area contributed by atoms with E-state index in [0.29, 0.717) is 13.0 Å². The number of rotatable bonds is 3. The van der Waals surface area contributed by atoms with E-state index in [-0.39, 0.29) is 0 Å². The monoisotopic (exact) mass is 251 g/mol. The second kappa shape index (κ2) is 4.35. The summed E-state index contributed by atoms with van der Waals surface area (Å²) in [6.07, 6.45) is -0.512. The van der Waals surface area contributed by atoms with Crippen LogP contribution in [0, 0.1) is 6.92 Å². The zero-order valence-corrected chi connectivity index (χ0v) is 9.21. The maximum atomic E-state index is 13.3. The molecule has 0 aliphatic heterocycles. The first-order valence-electron chi connectivity index (χ1n) is 3.75. The van der Waals surface area contributed by atoms with Crippen LogP contribution in [0.3, 0.4) is 0 Å². The van der Waals surface area contributed by atoms with E-state index in [9.17, 15) is 4.39 Å². The molecular weight excluding hydrogens is 241 g/mol. The fraction of sp³-hybridized carbons (Fsp3) is 0.500. The summed E-state index contributed by atoms with van der Waals surface area (Å²) in [7, 11) is 0. The average Bonchev–Trinajstić information content (AvgIpc) is 2.30. The molecule has 0 amide bonds. The predicted octanol–water partition coefficient (Wildman–Crippen LogP) is 3.18. The van der Waals surface area contributed by atoms with Crippen LogP contribution in [0.5, 0.6) is 0 Å². The van der Waals surface area contributed by atoms with Crippen molar-refractivity contribution in [3.63, 3.8) is 0 Å². The SMILES string of the molecule is Cc1cc(Br)c(C(F)CCN)s1. The van der Waals surface area contributed by atoms with Gasteiger partial charge in [-0.15, -0.1) is 11.3 Å². The largest absolute Gasteiger partial charge is 0.330 e. The van der Waals surface area contributed by atoms with Crippen molar-refractivity contribution in [1.29, 1.82) is 0 Å². The van der Waals surface area contributed by atoms with Gasteiger partial charge in [0.1, 0.15) is 6.17 Å². The van der Waals surface area contributed by atoms with Gasteiger partial charge in [0.15, 0.2) is 0 Å². The molecule has 0 radical (unpaired) electrons. The summed E-state index contributed by atoms with van der Waals surface area (Å²) in [6.45, 7) is 2.36. The van der Waals surface area contributed by atoms with Crippen LogP contribution in [0.25, 0.3) is 0 Å². The second-order valence-corrected chi connectivity index (χ2v) is 4.76. The Hall–Kier alpha value is 0.0700. The van der Waals surface area contributed by atoms with Crippen molar-refractivity contribution in [1.82, 2.24) is 0 Å². The Labute approximate surface area is 83.9 Å². The van der Waals surface area contributed by atoms with Crippen molar-refractivity contribution in [2.24, 2.45) is 5.73 Å². The van der Waals surface area contributed by atoms with Crippen LogP contribution in [0.4, 0.5) is 4.39 Å². The lowest BCUT2D eigenvalue weighted by Crippen LogP contribution is -2.02. The van der Waals surface area contributed by atoms with Gasteiger partial charge in [-0.05, 0) is 41.9 Å². The van der Waals surface area contributed by atoms with Gasteiger partial charge < -0.3 is 5.73 Å². The van der Waals surface area contributed by atoms with Crippen LogP contribution in [0.2, 0.25) is 0 Å². The number of aryl methyl sites for hydroxylation is 1. The minimum atomic E-state index is -0.914. The van der Waals surface area contributed by atoms with E-state index in [4.69, 9.17) is 5.73 Å². The molecule has 0 bridgehead atoms. The summed E-state index contributed by atoms with van der Waals surface area (Å²) in [6, 6.07) is 1.93. The van der Waals surface area contributed by atoms with E-state index in [0.717, 1.165) is 14.2 Å². The molecule has 1 atom stereocenters. The number of thiophene rings is 1. The minimum absolute atomic E-state index is 0.393. The molecule has 2 N–H and O–H groups in total. The van der Waals surface area contributed by atoms with Gasteiger partial charge in [0.25, 0.3) is 0 Å². The Balaban J connectivity index is 2.79. The number of halogens is 2. The zero-order valence-electron chi connectivity index (χ0n) is 6.81. The van der Waals surface area contributed by atoms with Crippen LogP contribution in [-0.2, 0) is 0 Å². The summed E-state index contributed by atoms with van der Waals surface area (Å²) in [5, 5.41) is 0. The molecule has 1 unspecified atom stereocenters. The lowest BCUT2D eigenvalue weighted by Gasteiger charge is -2.03. The van der Waals surface area contributed by atoms with Crippen LogP contribution in [0.15, 0.2) is 10.5 Å². The van der Waals surface area contributed by atoms with E-state index in [2.05, 4.69) is 15.9 Å². The van der Waals surface area contributed by atoms with Gasteiger partial charge in [0, 0.05) is 9.35 Å². The molecule has 0 saturated carbocycles. The summed E-state index contributed by atoms with van der Waals surface area (Å²) >= 11 is 4.80. The average molecular weight is 252 g/mol. The summed E-state index contributed by atoms with van der Waals surface area (Å²) < 4.78 is 14.2. The summed E-state index contributed by atoms with van der Waals surface area (Å²) in [4.78, 5) is 1.88. The molecule has 1 aromatic heterocycles. The van der Waals surface area contributed by atoms with Crippen LogP contribution < -0.4 is 5.73 Å². The Kier molecular flexibility index (Phi) is 3.68. The third-order valence-corrected chi connectivity index (χ3v) is 3.59. The molecule has 12 heavy (non-hydrogen) atoms. The van der Waals surface area contributed by atoms with Crippen LogP contribution in [-0.4, -0.2) is 6.54 Å². The Morgan fingerprint density at radius 3 is 2.83 bits per heavy atom. The molecule has 68 valence electrons. The highest BCUT2D eigenvalue weighted by Crippen LogP contribution is 2.35. The van der Waals surface area contributed by atoms with Crippen molar-refractivity contribution in [3.05, 3.63) is 20.3 Å². The van der Waals surface area contributed by atoms with Gasteiger partial charge in [-0.25, -0.2) is 4.39 Å². The molecule has 0 fully saturated rings. The Morgan fingerprint density at radius 1 is 1.75 bits per heavy atom. The first-order chi connectivity index (χ1) is 5.65. The summed E-state index contributed by atoms with van der Waals surface area (Å²) in [5.41, 5.74) is 5.27. The number of nitrogens with two attached hydrogens (primary N) is 1. The molecule has 1 nitrogen and oxygen atoms in total. The third kappa shape index (κ3) is 2.28.